The average molecular weight is 201 g/mol. The molecule has 6 heteroatoms. The summed E-state index contributed by atoms with van der Waals surface area (Å²) < 4.78 is 2.50. The SMILES string of the molecule is O=C1OC(CO)[C@@H](O)C1(Cl)Cl. The van der Waals surface area contributed by atoms with E-state index in [4.69, 9.17) is 33.4 Å². The van der Waals surface area contributed by atoms with Crippen LogP contribution in [0.1, 0.15) is 0 Å². The summed E-state index contributed by atoms with van der Waals surface area (Å²) in [4.78, 5) is 10.7. The van der Waals surface area contributed by atoms with Crippen LogP contribution in [0.2, 0.25) is 0 Å². The first-order valence-corrected chi connectivity index (χ1v) is 3.63. The predicted octanol–water partition coefficient (Wildman–Crippen LogP) is -0.561. The number of hydrogen-bond donors (Lipinski definition) is 2. The zero-order chi connectivity index (χ0) is 8.65. The van der Waals surface area contributed by atoms with Gasteiger partial charge in [0.2, 0.25) is 4.33 Å². The molecule has 0 aromatic rings. The first kappa shape index (κ1) is 9.06. The lowest BCUT2D eigenvalue weighted by atomic mass is 10.2. The third-order valence-electron chi connectivity index (χ3n) is 1.43. The minimum Gasteiger partial charge on any atom is -0.455 e. The van der Waals surface area contributed by atoms with Crippen molar-refractivity contribution in [2.45, 2.75) is 16.5 Å². The summed E-state index contributed by atoms with van der Waals surface area (Å²) in [5.41, 5.74) is 0. The highest BCUT2D eigenvalue weighted by Crippen LogP contribution is 2.35. The molecule has 1 unspecified atom stereocenters. The molecule has 0 aromatic heterocycles. The monoisotopic (exact) mass is 200 g/mol. The zero-order valence-corrected chi connectivity index (χ0v) is 6.84. The number of carbonyl (C=O) groups is 1. The second kappa shape index (κ2) is 2.79. The number of hydrogen-bond acceptors (Lipinski definition) is 4. The van der Waals surface area contributed by atoms with Crippen molar-refractivity contribution >= 4 is 29.2 Å². The highest BCUT2D eigenvalue weighted by atomic mass is 35.5. The lowest BCUT2D eigenvalue weighted by molar-refractivity contribution is -0.143. The maximum Gasteiger partial charge on any atom is 0.346 e. The van der Waals surface area contributed by atoms with Gasteiger partial charge < -0.3 is 14.9 Å². The third-order valence-corrected chi connectivity index (χ3v) is 2.19. The van der Waals surface area contributed by atoms with Crippen molar-refractivity contribution in [2.24, 2.45) is 0 Å². The number of alkyl halides is 2. The molecule has 1 aliphatic rings. The Morgan fingerprint density at radius 2 is 2.18 bits per heavy atom. The highest BCUT2D eigenvalue weighted by molar-refractivity contribution is 6.58. The summed E-state index contributed by atoms with van der Waals surface area (Å²) in [6.07, 6.45) is -2.39. The van der Waals surface area contributed by atoms with Crippen molar-refractivity contribution < 1.29 is 19.7 Å². The van der Waals surface area contributed by atoms with Gasteiger partial charge in [0.25, 0.3) is 0 Å². The number of halogens is 2. The predicted molar refractivity (Wildman–Crippen MR) is 37.4 cm³/mol. The van der Waals surface area contributed by atoms with Gasteiger partial charge in [0.05, 0.1) is 6.61 Å². The van der Waals surface area contributed by atoms with Crippen LogP contribution in [0.5, 0.6) is 0 Å². The van der Waals surface area contributed by atoms with E-state index in [1.807, 2.05) is 0 Å². The van der Waals surface area contributed by atoms with Gasteiger partial charge in [-0.25, -0.2) is 4.79 Å². The van der Waals surface area contributed by atoms with Crippen LogP contribution in [-0.2, 0) is 9.53 Å². The number of esters is 1. The molecule has 11 heavy (non-hydrogen) atoms. The molecule has 2 atom stereocenters. The summed E-state index contributed by atoms with van der Waals surface area (Å²) in [7, 11) is 0. The van der Waals surface area contributed by atoms with Crippen LogP contribution in [0.3, 0.4) is 0 Å². The van der Waals surface area contributed by atoms with Gasteiger partial charge in [-0.1, -0.05) is 23.2 Å². The second-order valence-electron chi connectivity index (χ2n) is 2.19. The molecule has 1 rings (SSSR count). The van der Waals surface area contributed by atoms with Crippen LogP contribution in [0.15, 0.2) is 0 Å². The van der Waals surface area contributed by atoms with Gasteiger partial charge in [-0.15, -0.1) is 0 Å². The Labute approximate surface area is 72.7 Å². The number of rotatable bonds is 1. The van der Waals surface area contributed by atoms with E-state index >= 15 is 0 Å². The van der Waals surface area contributed by atoms with E-state index in [1.54, 1.807) is 0 Å². The Balaban J connectivity index is 2.80. The molecule has 0 saturated carbocycles. The summed E-state index contributed by atoms with van der Waals surface area (Å²) >= 11 is 10.7. The third kappa shape index (κ3) is 1.31. The fraction of sp³-hybridized carbons (Fsp3) is 0.800. The fourth-order valence-corrected chi connectivity index (χ4v) is 1.14. The van der Waals surface area contributed by atoms with Crippen LogP contribution < -0.4 is 0 Å². The Kier molecular flexibility index (Phi) is 2.29. The number of aliphatic hydroxyl groups excluding tert-OH is 2. The molecule has 1 aliphatic heterocycles. The average Bonchev–Trinajstić information content (AvgIpc) is 2.14. The standard InChI is InChI=1S/C5H6Cl2O4/c6-5(7)3(9)2(1-8)11-4(5)10/h2-3,8-9H,1H2/t2?,3-/m1/s1. The number of ether oxygens (including phenoxy) is 1. The molecular weight excluding hydrogens is 195 g/mol. The van der Waals surface area contributed by atoms with E-state index < -0.39 is 29.1 Å². The van der Waals surface area contributed by atoms with E-state index in [1.165, 1.54) is 0 Å². The zero-order valence-electron chi connectivity index (χ0n) is 5.33. The molecule has 0 bridgehead atoms. The van der Waals surface area contributed by atoms with Crippen molar-refractivity contribution in [1.29, 1.82) is 0 Å². The maximum absolute atomic E-state index is 10.7. The second-order valence-corrected chi connectivity index (χ2v) is 3.58. The normalized spacial score (nSPS) is 35.5. The van der Waals surface area contributed by atoms with Crippen molar-refractivity contribution in [1.82, 2.24) is 0 Å². The van der Waals surface area contributed by atoms with E-state index in [2.05, 4.69) is 4.74 Å². The molecular formula is C5H6Cl2O4. The molecule has 1 saturated heterocycles. The smallest absolute Gasteiger partial charge is 0.346 e. The summed E-state index contributed by atoms with van der Waals surface area (Å²) in [5, 5.41) is 17.6. The molecule has 0 spiro atoms. The van der Waals surface area contributed by atoms with Gasteiger partial charge in [-0.3, -0.25) is 0 Å². The molecule has 0 aromatic carbocycles. The van der Waals surface area contributed by atoms with E-state index in [9.17, 15) is 4.79 Å². The highest BCUT2D eigenvalue weighted by Gasteiger charge is 2.54. The van der Waals surface area contributed by atoms with Crippen LogP contribution >= 0.6 is 23.2 Å². The number of carbonyl (C=O) groups excluding carboxylic acids is 1. The van der Waals surface area contributed by atoms with E-state index in [0.717, 1.165) is 0 Å². The molecule has 0 amide bonds. The first-order valence-electron chi connectivity index (χ1n) is 2.88. The molecule has 1 heterocycles. The topological polar surface area (TPSA) is 66.8 Å². The molecule has 1 fully saturated rings. The van der Waals surface area contributed by atoms with Gasteiger partial charge in [-0.2, -0.15) is 0 Å². The largest absolute Gasteiger partial charge is 0.455 e. The quantitative estimate of drug-likeness (QED) is 0.440. The maximum atomic E-state index is 10.7. The molecule has 0 aliphatic carbocycles. The minimum absolute atomic E-state index is 0.492. The number of cyclic esters (lactones) is 1. The Hall–Kier alpha value is -0.0300. The Bertz CT molecular complexity index is 181. The van der Waals surface area contributed by atoms with Crippen molar-refractivity contribution in [2.75, 3.05) is 6.61 Å². The van der Waals surface area contributed by atoms with Crippen LogP contribution in [-0.4, -0.2) is 39.3 Å². The van der Waals surface area contributed by atoms with E-state index in [0.29, 0.717) is 0 Å². The summed E-state index contributed by atoms with van der Waals surface area (Å²) in [6.45, 7) is -0.492. The van der Waals surface area contributed by atoms with Gasteiger partial charge >= 0.3 is 5.97 Å². The van der Waals surface area contributed by atoms with Crippen molar-refractivity contribution in [3.05, 3.63) is 0 Å². The van der Waals surface area contributed by atoms with Gasteiger partial charge in [-0.05, 0) is 0 Å². The molecule has 0 radical (unpaired) electrons. The van der Waals surface area contributed by atoms with Crippen molar-refractivity contribution in [3.63, 3.8) is 0 Å². The van der Waals surface area contributed by atoms with Gasteiger partial charge in [0.1, 0.15) is 6.10 Å². The lowest BCUT2D eigenvalue weighted by Gasteiger charge is -2.13. The lowest BCUT2D eigenvalue weighted by Crippen LogP contribution is -2.36. The first-order chi connectivity index (χ1) is 5.00. The minimum atomic E-state index is -1.94. The molecule has 2 N–H and O–H groups in total. The van der Waals surface area contributed by atoms with Gasteiger partial charge in [0, 0.05) is 0 Å². The van der Waals surface area contributed by atoms with Crippen molar-refractivity contribution in [3.8, 4) is 0 Å². The Morgan fingerprint density at radius 3 is 2.36 bits per heavy atom. The molecule has 4 nitrogen and oxygen atoms in total. The summed E-state index contributed by atoms with van der Waals surface area (Å²) in [5.74, 6) is -0.924. The summed E-state index contributed by atoms with van der Waals surface area (Å²) in [6, 6.07) is 0. The molecule has 64 valence electrons. The van der Waals surface area contributed by atoms with E-state index in [-0.39, 0.29) is 0 Å². The fourth-order valence-electron chi connectivity index (χ4n) is 0.772. The van der Waals surface area contributed by atoms with Crippen LogP contribution in [0.25, 0.3) is 0 Å². The Morgan fingerprint density at radius 1 is 1.64 bits per heavy atom. The van der Waals surface area contributed by atoms with Crippen LogP contribution in [0.4, 0.5) is 0 Å². The van der Waals surface area contributed by atoms with Gasteiger partial charge in [0.15, 0.2) is 6.10 Å². The number of aliphatic hydroxyl groups is 2. The van der Waals surface area contributed by atoms with Crippen LogP contribution in [0, 0.1) is 0 Å².